The van der Waals surface area contributed by atoms with Gasteiger partial charge < -0.3 is 5.73 Å². The van der Waals surface area contributed by atoms with E-state index in [1.54, 1.807) is 16.7 Å². The smallest absolute Gasteiger partial charge is 0.0226 e. The molecule has 90 valence electrons. The van der Waals surface area contributed by atoms with Crippen LogP contribution in [0.3, 0.4) is 0 Å². The maximum absolute atomic E-state index is 5.99. The van der Waals surface area contributed by atoms with Crippen LogP contribution in [0.25, 0.3) is 0 Å². The van der Waals surface area contributed by atoms with E-state index < -0.39 is 0 Å². The molecule has 1 aromatic carbocycles. The van der Waals surface area contributed by atoms with Crippen LogP contribution in [0.2, 0.25) is 0 Å². The topological polar surface area (TPSA) is 26.0 Å². The number of hydrogen-bond donors (Lipinski definition) is 1. The lowest BCUT2D eigenvalue weighted by atomic mass is 9.91. The lowest BCUT2D eigenvalue weighted by Crippen LogP contribution is -2.20. The molecule has 1 aromatic rings. The Morgan fingerprint density at radius 2 is 1.94 bits per heavy atom. The highest BCUT2D eigenvalue weighted by Crippen LogP contribution is 2.26. The molecule has 0 radical (unpaired) electrons. The molecule has 0 heterocycles. The third-order valence-corrected chi connectivity index (χ3v) is 4.08. The van der Waals surface area contributed by atoms with Gasteiger partial charge in [-0.2, -0.15) is 0 Å². The summed E-state index contributed by atoms with van der Waals surface area (Å²) < 4.78 is 0. The van der Waals surface area contributed by atoms with Gasteiger partial charge in [0.15, 0.2) is 0 Å². The van der Waals surface area contributed by atoms with E-state index in [0.29, 0.717) is 6.04 Å². The Kier molecular flexibility index (Phi) is 3.02. The molecule has 0 bridgehead atoms. The van der Waals surface area contributed by atoms with Crippen LogP contribution in [0.5, 0.6) is 0 Å². The van der Waals surface area contributed by atoms with Gasteiger partial charge in [-0.1, -0.05) is 29.8 Å². The van der Waals surface area contributed by atoms with E-state index in [4.69, 9.17) is 5.73 Å². The molecule has 0 fully saturated rings. The van der Waals surface area contributed by atoms with Crippen molar-refractivity contribution in [3.8, 4) is 0 Å². The summed E-state index contributed by atoms with van der Waals surface area (Å²) >= 11 is 0. The summed E-state index contributed by atoms with van der Waals surface area (Å²) in [6, 6.07) is 7.36. The van der Waals surface area contributed by atoms with Crippen molar-refractivity contribution in [3.05, 3.63) is 46.5 Å². The molecule has 1 unspecified atom stereocenters. The van der Waals surface area contributed by atoms with E-state index >= 15 is 0 Å². The summed E-state index contributed by atoms with van der Waals surface area (Å²) in [5.74, 6) is 0. The van der Waals surface area contributed by atoms with E-state index in [0.717, 1.165) is 12.8 Å². The van der Waals surface area contributed by atoms with Gasteiger partial charge in [0.25, 0.3) is 0 Å². The molecule has 1 atom stereocenters. The van der Waals surface area contributed by atoms with E-state index in [1.165, 1.54) is 37.7 Å². The molecule has 17 heavy (non-hydrogen) atoms. The number of allylic oxidation sites excluding steroid dienone is 1. The van der Waals surface area contributed by atoms with Crippen molar-refractivity contribution in [2.24, 2.45) is 5.73 Å². The first-order chi connectivity index (χ1) is 8.31. The standard InChI is InChI=1S/C16H21N/c17-16-6-1-3-12(11-16)9-13-7-8-14-4-2-5-15(14)10-13/h7-8,10-11,16H,1-6,9,17H2. The van der Waals surface area contributed by atoms with Crippen LogP contribution in [0, 0.1) is 0 Å². The third-order valence-electron chi connectivity index (χ3n) is 4.08. The Labute approximate surface area is 104 Å². The average molecular weight is 227 g/mol. The molecule has 2 N–H and O–H groups in total. The van der Waals surface area contributed by atoms with Crippen LogP contribution >= 0.6 is 0 Å². The highest BCUT2D eigenvalue weighted by Gasteiger charge is 2.13. The van der Waals surface area contributed by atoms with Crippen LogP contribution in [-0.4, -0.2) is 6.04 Å². The van der Waals surface area contributed by atoms with Gasteiger partial charge in [0, 0.05) is 6.04 Å². The van der Waals surface area contributed by atoms with Crippen LogP contribution in [-0.2, 0) is 19.3 Å². The zero-order valence-electron chi connectivity index (χ0n) is 10.4. The van der Waals surface area contributed by atoms with Gasteiger partial charge in [-0.3, -0.25) is 0 Å². The zero-order valence-corrected chi connectivity index (χ0v) is 10.4. The minimum Gasteiger partial charge on any atom is -0.324 e. The molecule has 3 rings (SSSR count). The lowest BCUT2D eigenvalue weighted by Gasteiger charge is -2.18. The van der Waals surface area contributed by atoms with Crippen molar-refractivity contribution >= 4 is 0 Å². The molecule has 2 aliphatic carbocycles. The van der Waals surface area contributed by atoms with Gasteiger partial charge in [-0.25, -0.2) is 0 Å². The summed E-state index contributed by atoms with van der Waals surface area (Å²) in [6.07, 6.45) is 11.0. The average Bonchev–Trinajstić information content (AvgIpc) is 2.76. The summed E-state index contributed by atoms with van der Waals surface area (Å²) in [5, 5.41) is 0. The normalized spacial score (nSPS) is 23.4. The molecule has 2 aliphatic rings. The molecule has 1 heteroatoms. The molecule has 1 nitrogen and oxygen atoms in total. The summed E-state index contributed by atoms with van der Waals surface area (Å²) in [6.45, 7) is 0. The minimum atomic E-state index is 0.299. The fourth-order valence-corrected chi connectivity index (χ4v) is 3.18. The van der Waals surface area contributed by atoms with Gasteiger partial charge in [0.05, 0.1) is 0 Å². The van der Waals surface area contributed by atoms with Crippen molar-refractivity contribution in [1.82, 2.24) is 0 Å². The Morgan fingerprint density at radius 1 is 1.06 bits per heavy atom. The number of rotatable bonds is 2. The van der Waals surface area contributed by atoms with E-state index in [1.807, 2.05) is 0 Å². The SMILES string of the molecule is NC1C=C(Cc2ccc3c(c2)CCC3)CCC1. The third kappa shape index (κ3) is 2.44. The van der Waals surface area contributed by atoms with Crippen molar-refractivity contribution in [3.63, 3.8) is 0 Å². The monoisotopic (exact) mass is 227 g/mol. The second-order valence-corrected chi connectivity index (χ2v) is 5.51. The van der Waals surface area contributed by atoms with Gasteiger partial charge in [-0.05, 0) is 61.6 Å². The maximum Gasteiger partial charge on any atom is 0.0226 e. The largest absolute Gasteiger partial charge is 0.324 e. The zero-order chi connectivity index (χ0) is 11.7. The Balaban J connectivity index is 1.77. The van der Waals surface area contributed by atoms with E-state index in [2.05, 4.69) is 24.3 Å². The fourth-order valence-electron chi connectivity index (χ4n) is 3.18. The number of aryl methyl sites for hydroxylation is 2. The number of nitrogens with two attached hydrogens (primary N) is 1. The summed E-state index contributed by atoms with van der Waals surface area (Å²) in [4.78, 5) is 0. The summed E-state index contributed by atoms with van der Waals surface area (Å²) in [5.41, 5.74) is 12.2. The second kappa shape index (κ2) is 4.66. The van der Waals surface area contributed by atoms with Crippen molar-refractivity contribution in [2.45, 2.75) is 51.0 Å². The first-order valence-corrected chi connectivity index (χ1v) is 6.87. The molecule has 0 aromatic heterocycles. The van der Waals surface area contributed by atoms with Gasteiger partial charge in [-0.15, -0.1) is 0 Å². The van der Waals surface area contributed by atoms with Crippen molar-refractivity contribution < 1.29 is 0 Å². The van der Waals surface area contributed by atoms with E-state index in [9.17, 15) is 0 Å². The quantitative estimate of drug-likeness (QED) is 0.772. The molecule has 0 aliphatic heterocycles. The maximum atomic E-state index is 5.99. The molecule has 0 spiro atoms. The highest BCUT2D eigenvalue weighted by molar-refractivity contribution is 5.37. The van der Waals surface area contributed by atoms with Crippen molar-refractivity contribution in [2.75, 3.05) is 0 Å². The fraction of sp³-hybridized carbons (Fsp3) is 0.500. The first kappa shape index (κ1) is 11.0. The lowest BCUT2D eigenvalue weighted by molar-refractivity contribution is 0.617. The Bertz CT molecular complexity index is 445. The molecular formula is C16H21N. The summed E-state index contributed by atoms with van der Waals surface area (Å²) in [7, 11) is 0. The minimum absolute atomic E-state index is 0.299. The molecule has 0 saturated heterocycles. The number of benzene rings is 1. The van der Waals surface area contributed by atoms with Crippen LogP contribution in [0.1, 0.15) is 42.4 Å². The molecular weight excluding hydrogens is 206 g/mol. The predicted octanol–water partition coefficient (Wildman–Crippen LogP) is 3.16. The van der Waals surface area contributed by atoms with Crippen LogP contribution < -0.4 is 5.73 Å². The second-order valence-electron chi connectivity index (χ2n) is 5.51. The van der Waals surface area contributed by atoms with Gasteiger partial charge >= 0.3 is 0 Å². The molecule has 0 saturated carbocycles. The Hall–Kier alpha value is -1.08. The van der Waals surface area contributed by atoms with Crippen LogP contribution in [0.4, 0.5) is 0 Å². The predicted molar refractivity (Wildman–Crippen MR) is 72.1 cm³/mol. The number of fused-ring (bicyclic) bond motifs is 1. The highest BCUT2D eigenvalue weighted by atomic mass is 14.6. The molecule has 0 amide bonds. The van der Waals surface area contributed by atoms with Crippen molar-refractivity contribution in [1.29, 1.82) is 0 Å². The van der Waals surface area contributed by atoms with Gasteiger partial charge in [0.2, 0.25) is 0 Å². The van der Waals surface area contributed by atoms with Crippen LogP contribution in [0.15, 0.2) is 29.8 Å². The van der Waals surface area contributed by atoms with Gasteiger partial charge in [0.1, 0.15) is 0 Å². The number of hydrogen-bond acceptors (Lipinski definition) is 1. The van der Waals surface area contributed by atoms with E-state index in [-0.39, 0.29) is 0 Å². The first-order valence-electron chi connectivity index (χ1n) is 6.87. The Morgan fingerprint density at radius 3 is 2.82 bits per heavy atom.